The van der Waals surface area contributed by atoms with Crippen molar-refractivity contribution in [2.45, 2.75) is 66.2 Å². The minimum Gasteiger partial charge on any atom is -0.378 e. The van der Waals surface area contributed by atoms with Crippen molar-refractivity contribution in [1.82, 2.24) is 20.2 Å². The van der Waals surface area contributed by atoms with E-state index in [9.17, 15) is 9.59 Å². The van der Waals surface area contributed by atoms with Gasteiger partial charge in [-0.15, -0.1) is 0 Å². The summed E-state index contributed by atoms with van der Waals surface area (Å²) in [5.41, 5.74) is 2.86. The first-order chi connectivity index (χ1) is 14.1. The number of methoxy groups -OCH3 is 1. The van der Waals surface area contributed by atoms with Crippen molar-refractivity contribution in [3.05, 3.63) is 62.8 Å². The normalized spacial score (nSPS) is 11.4. The van der Waals surface area contributed by atoms with Gasteiger partial charge in [0.25, 0.3) is 5.56 Å². The minimum atomic E-state index is -0.344. The van der Waals surface area contributed by atoms with E-state index in [2.05, 4.69) is 15.3 Å². The zero-order valence-corrected chi connectivity index (χ0v) is 19.0. The molecular formula is C23H34N4O3. The van der Waals surface area contributed by atoms with Crippen LogP contribution in [0.2, 0.25) is 0 Å². The highest BCUT2D eigenvalue weighted by atomic mass is 16.5. The third kappa shape index (κ3) is 6.99. The van der Waals surface area contributed by atoms with E-state index in [0.29, 0.717) is 30.0 Å². The summed E-state index contributed by atoms with van der Waals surface area (Å²) in [6.45, 7) is 10.9. The van der Waals surface area contributed by atoms with Crippen molar-refractivity contribution in [2.24, 2.45) is 0 Å². The van der Waals surface area contributed by atoms with Crippen molar-refractivity contribution >= 4 is 6.03 Å². The number of nitrogens with one attached hydrogen (secondary N) is 2. The second-order valence-corrected chi connectivity index (χ2v) is 8.63. The number of rotatable bonds is 8. The zero-order chi connectivity index (χ0) is 22.3. The van der Waals surface area contributed by atoms with Crippen molar-refractivity contribution in [2.75, 3.05) is 13.7 Å². The molecule has 2 aromatic rings. The van der Waals surface area contributed by atoms with Gasteiger partial charge in [0.2, 0.25) is 0 Å². The van der Waals surface area contributed by atoms with Crippen molar-refractivity contribution < 1.29 is 9.53 Å². The number of aryl methyl sites for hydroxylation is 1. The van der Waals surface area contributed by atoms with Gasteiger partial charge in [-0.25, -0.2) is 9.78 Å². The molecule has 2 rings (SSSR count). The predicted molar refractivity (Wildman–Crippen MR) is 119 cm³/mol. The molecule has 0 aliphatic rings. The summed E-state index contributed by atoms with van der Waals surface area (Å²) in [6, 6.07) is 7.90. The molecule has 164 valence electrons. The summed E-state index contributed by atoms with van der Waals surface area (Å²) in [5, 5.41) is 2.97. The molecule has 2 amide bonds. The molecule has 0 aliphatic carbocycles. The van der Waals surface area contributed by atoms with E-state index in [1.54, 1.807) is 12.0 Å². The molecule has 30 heavy (non-hydrogen) atoms. The van der Waals surface area contributed by atoms with E-state index in [1.165, 1.54) is 5.56 Å². The number of carbonyl (C=O) groups excluding carboxylic acids is 1. The third-order valence-electron chi connectivity index (χ3n) is 4.54. The number of H-pyrrole nitrogens is 1. The van der Waals surface area contributed by atoms with Crippen LogP contribution in [0.25, 0.3) is 0 Å². The van der Waals surface area contributed by atoms with Gasteiger partial charge in [-0.05, 0) is 39.7 Å². The van der Waals surface area contributed by atoms with Crippen LogP contribution in [0.15, 0.2) is 29.1 Å². The van der Waals surface area contributed by atoms with Gasteiger partial charge in [-0.2, -0.15) is 0 Å². The Morgan fingerprint density at radius 2 is 1.90 bits per heavy atom. The molecule has 0 spiro atoms. The Hall–Kier alpha value is -2.67. The van der Waals surface area contributed by atoms with E-state index in [0.717, 1.165) is 12.0 Å². The van der Waals surface area contributed by atoms with Gasteiger partial charge in [-0.3, -0.25) is 4.79 Å². The number of ether oxygens (including phenoxy) is 1. The van der Waals surface area contributed by atoms with Gasteiger partial charge in [0.15, 0.2) is 0 Å². The van der Waals surface area contributed by atoms with E-state index in [-0.39, 0.29) is 30.3 Å². The second-order valence-electron chi connectivity index (χ2n) is 8.63. The largest absolute Gasteiger partial charge is 0.378 e. The van der Waals surface area contributed by atoms with Crippen molar-refractivity contribution in [3.8, 4) is 0 Å². The van der Waals surface area contributed by atoms with E-state index < -0.39 is 0 Å². The molecule has 0 bridgehead atoms. The van der Waals surface area contributed by atoms with Crippen molar-refractivity contribution in [3.63, 3.8) is 0 Å². The van der Waals surface area contributed by atoms with Crippen LogP contribution in [0.3, 0.4) is 0 Å². The fourth-order valence-electron chi connectivity index (χ4n) is 3.12. The van der Waals surface area contributed by atoms with Crippen LogP contribution in [-0.2, 0) is 24.3 Å². The van der Waals surface area contributed by atoms with Crippen molar-refractivity contribution in [1.29, 1.82) is 0 Å². The first-order valence-corrected chi connectivity index (χ1v) is 10.4. The van der Waals surface area contributed by atoms with Gasteiger partial charge in [0.05, 0.1) is 18.8 Å². The quantitative estimate of drug-likeness (QED) is 0.692. The summed E-state index contributed by atoms with van der Waals surface area (Å²) in [7, 11) is 1.58. The Labute approximate surface area is 178 Å². The number of benzene rings is 1. The maximum absolute atomic E-state index is 12.9. The molecule has 0 atom stereocenters. The van der Waals surface area contributed by atoms with E-state index in [4.69, 9.17) is 4.74 Å². The van der Waals surface area contributed by atoms with Gasteiger partial charge in [0.1, 0.15) is 5.82 Å². The summed E-state index contributed by atoms with van der Waals surface area (Å²) in [6.07, 6.45) is 1.28. The summed E-state index contributed by atoms with van der Waals surface area (Å²) in [4.78, 5) is 34.7. The first kappa shape index (κ1) is 23.6. The Morgan fingerprint density at radius 3 is 2.47 bits per heavy atom. The fourth-order valence-corrected chi connectivity index (χ4v) is 3.12. The molecule has 7 nitrogen and oxygen atoms in total. The van der Waals surface area contributed by atoms with Gasteiger partial charge < -0.3 is 19.9 Å². The number of aromatic amines is 1. The molecule has 1 heterocycles. The van der Waals surface area contributed by atoms with Gasteiger partial charge in [-0.1, -0.05) is 36.8 Å². The van der Waals surface area contributed by atoms with E-state index >= 15 is 0 Å². The van der Waals surface area contributed by atoms with Crippen LogP contribution < -0.4 is 10.9 Å². The van der Waals surface area contributed by atoms with Crippen LogP contribution in [0.4, 0.5) is 4.79 Å². The smallest absolute Gasteiger partial charge is 0.318 e. The number of aromatic nitrogens is 2. The maximum Gasteiger partial charge on any atom is 0.318 e. The molecule has 0 saturated heterocycles. The highest BCUT2D eigenvalue weighted by Gasteiger charge is 2.21. The zero-order valence-electron chi connectivity index (χ0n) is 19.0. The molecule has 0 unspecified atom stereocenters. The third-order valence-corrected chi connectivity index (χ3v) is 4.54. The Balaban J connectivity index is 2.30. The Kier molecular flexibility index (Phi) is 8.17. The Bertz CT molecular complexity index is 898. The van der Waals surface area contributed by atoms with Gasteiger partial charge >= 0.3 is 6.03 Å². The van der Waals surface area contributed by atoms with Crippen LogP contribution >= 0.6 is 0 Å². The van der Waals surface area contributed by atoms with Gasteiger partial charge in [0, 0.05) is 31.2 Å². The molecule has 1 aromatic carbocycles. The van der Waals surface area contributed by atoms with Crippen LogP contribution in [-0.4, -0.2) is 40.1 Å². The summed E-state index contributed by atoms with van der Waals surface area (Å²) in [5.74, 6) is 0.456. The summed E-state index contributed by atoms with van der Waals surface area (Å²) < 4.78 is 5.29. The Morgan fingerprint density at radius 1 is 1.23 bits per heavy atom. The molecule has 0 fully saturated rings. The molecule has 2 N–H and O–H groups in total. The number of urea groups is 1. The fraction of sp³-hybridized carbons (Fsp3) is 0.522. The summed E-state index contributed by atoms with van der Waals surface area (Å²) >= 11 is 0. The molecule has 0 saturated carbocycles. The molecule has 7 heteroatoms. The predicted octanol–water partition coefficient (Wildman–Crippen LogP) is 3.54. The standard InChI is InChI=1S/C23H34N4O3/c1-7-12-27(22(29)26-23(3,4)5)14-20-24-19(15-30-6)18(21(28)25-20)13-17-10-8-16(2)9-11-17/h8-11H,7,12-15H2,1-6H3,(H,26,29)(H,24,25,28). The number of amides is 2. The lowest BCUT2D eigenvalue weighted by Gasteiger charge is -2.28. The highest BCUT2D eigenvalue weighted by Crippen LogP contribution is 2.13. The van der Waals surface area contributed by atoms with E-state index in [1.807, 2.05) is 58.9 Å². The second kappa shape index (κ2) is 10.4. The lowest BCUT2D eigenvalue weighted by atomic mass is 10.0. The average Bonchev–Trinajstić information content (AvgIpc) is 2.64. The molecule has 1 aromatic heterocycles. The topological polar surface area (TPSA) is 87.3 Å². The maximum atomic E-state index is 12.9. The molecular weight excluding hydrogens is 380 g/mol. The highest BCUT2D eigenvalue weighted by molar-refractivity contribution is 5.74. The first-order valence-electron chi connectivity index (χ1n) is 10.4. The lowest BCUT2D eigenvalue weighted by Crippen LogP contribution is -2.48. The number of nitrogens with zero attached hydrogens (tertiary/aromatic N) is 2. The number of hydrogen-bond acceptors (Lipinski definition) is 4. The number of carbonyl (C=O) groups is 1. The number of hydrogen-bond donors (Lipinski definition) is 2. The van der Waals surface area contributed by atoms with Crippen LogP contribution in [0.5, 0.6) is 0 Å². The average molecular weight is 415 g/mol. The SMILES string of the molecule is CCCN(Cc1nc(COC)c(Cc2ccc(C)cc2)c(=O)[nH]1)C(=O)NC(C)(C)C. The molecule has 0 aliphatic heterocycles. The lowest BCUT2D eigenvalue weighted by molar-refractivity contribution is 0.177. The monoisotopic (exact) mass is 414 g/mol. The minimum absolute atomic E-state index is 0.177. The van der Waals surface area contributed by atoms with Crippen LogP contribution in [0, 0.1) is 6.92 Å². The van der Waals surface area contributed by atoms with Crippen LogP contribution in [0.1, 0.15) is 62.3 Å². The molecule has 0 radical (unpaired) electrons.